The zero-order chi connectivity index (χ0) is 29.9. The van der Waals surface area contributed by atoms with Crippen LogP contribution >= 0.6 is 0 Å². The summed E-state index contributed by atoms with van der Waals surface area (Å²) in [6, 6.07) is 17.8. The molecule has 2 heterocycles. The van der Waals surface area contributed by atoms with Crippen molar-refractivity contribution in [3.63, 3.8) is 0 Å². The van der Waals surface area contributed by atoms with Gasteiger partial charge in [0.2, 0.25) is 0 Å². The van der Waals surface area contributed by atoms with Gasteiger partial charge in [-0.25, -0.2) is 4.39 Å². The second kappa shape index (κ2) is 13.2. The molecule has 0 radical (unpaired) electrons. The minimum atomic E-state index is -0.296. The Balaban J connectivity index is 1.16. The van der Waals surface area contributed by atoms with Gasteiger partial charge in [-0.05, 0) is 129 Å². The van der Waals surface area contributed by atoms with E-state index >= 15 is 4.39 Å². The van der Waals surface area contributed by atoms with Crippen molar-refractivity contribution in [2.45, 2.75) is 77.3 Å². The van der Waals surface area contributed by atoms with Gasteiger partial charge >= 0.3 is 0 Å². The van der Waals surface area contributed by atoms with Gasteiger partial charge < -0.3 is 19.5 Å². The molecule has 1 atom stereocenters. The van der Waals surface area contributed by atoms with Crippen molar-refractivity contribution in [1.29, 1.82) is 0 Å². The number of hydrogen-bond donors (Lipinski definition) is 1. The zero-order valence-corrected chi connectivity index (χ0v) is 26.0. The number of aromatic hydroxyl groups is 1. The van der Waals surface area contributed by atoms with Gasteiger partial charge in [0.1, 0.15) is 18.1 Å². The highest BCUT2D eigenvalue weighted by Gasteiger charge is 2.29. The molecule has 2 aliphatic heterocycles. The largest absolute Gasteiger partial charge is 0.508 e. The molecule has 2 aliphatic carbocycles. The summed E-state index contributed by atoms with van der Waals surface area (Å²) in [7, 11) is 1.70. The molecule has 3 aromatic rings. The molecule has 1 saturated carbocycles. The molecule has 4 aliphatic rings. The second-order valence-electron chi connectivity index (χ2n) is 13.3. The van der Waals surface area contributed by atoms with Crippen LogP contribution in [-0.4, -0.2) is 49.4 Å². The van der Waals surface area contributed by atoms with E-state index in [-0.39, 0.29) is 11.9 Å². The molecule has 1 N–H and O–H groups in total. The van der Waals surface area contributed by atoms with Crippen LogP contribution in [0.15, 0.2) is 54.6 Å². The Morgan fingerprint density at radius 1 is 0.930 bits per heavy atom. The first-order chi connectivity index (χ1) is 20.9. The molecule has 0 spiro atoms. The number of benzene rings is 3. The molecule has 0 amide bonds. The van der Waals surface area contributed by atoms with Gasteiger partial charge in [-0.2, -0.15) is 0 Å². The van der Waals surface area contributed by atoms with E-state index in [0.717, 1.165) is 67.7 Å². The molecule has 2 bridgehead atoms. The van der Waals surface area contributed by atoms with E-state index in [1.165, 1.54) is 42.4 Å². The third kappa shape index (κ3) is 6.95. The zero-order valence-electron chi connectivity index (χ0n) is 26.0. The van der Waals surface area contributed by atoms with Crippen LogP contribution in [0, 0.1) is 17.7 Å². The SMILES string of the molecule is COc1ccc(C2CCc3cc(O)ccc3C2)c(N(Cc2ccc(OCCN3CC4CCC(CC4)C3)c(F)c2)C(C)C)c1. The highest BCUT2D eigenvalue weighted by molar-refractivity contribution is 5.60. The van der Waals surface area contributed by atoms with E-state index in [4.69, 9.17) is 9.47 Å². The summed E-state index contributed by atoms with van der Waals surface area (Å²) >= 11 is 0. The Bertz CT molecular complexity index is 1390. The highest BCUT2D eigenvalue weighted by atomic mass is 19.1. The Morgan fingerprint density at radius 3 is 2.40 bits per heavy atom. The van der Waals surface area contributed by atoms with Gasteiger partial charge in [0, 0.05) is 44.0 Å². The van der Waals surface area contributed by atoms with E-state index in [1.807, 2.05) is 18.2 Å². The smallest absolute Gasteiger partial charge is 0.165 e. The van der Waals surface area contributed by atoms with Crippen molar-refractivity contribution in [1.82, 2.24) is 4.90 Å². The lowest BCUT2D eigenvalue weighted by Gasteiger charge is -2.35. The highest BCUT2D eigenvalue weighted by Crippen LogP contribution is 2.41. The third-order valence-corrected chi connectivity index (χ3v) is 10.0. The lowest BCUT2D eigenvalue weighted by atomic mass is 9.79. The average Bonchev–Trinajstić information content (AvgIpc) is 3.33. The molecule has 1 unspecified atom stereocenters. The van der Waals surface area contributed by atoms with Crippen LogP contribution in [0.2, 0.25) is 0 Å². The van der Waals surface area contributed by atoms with Gasteiger partial charge in [0.05, 0.1) is 7.11 Å². The fraction of sp³-hybridized carbons (Fsp3) is 0.514. The van der Waals surface area contributed by atoms with Gasteiger partial charge in [-0.3, -0.25) is 4.90 Å². The first-order valence-corrected chi connectivity index (χ1v) is 16.2. The summed E-state index contributed by atoms with van der Waals surface area (Å²) in [5, 5.41) is 9.95. The van der Waals surface area contributed by atoms with Gasteiger partial charge in [0.15, 0.2) is 11.6 Å². The number of halogens is 1. The van der Waals surface area contributed by atoms with Crippen LogP contribution in [0.5, 0.6) is 17.2 Å². The van der Waals surface area contributed by atoms with E-state index in [0.29, 0.717) is 30.6 Å². The number of phenolic OH excluding ortho intramolecular Hbond substituents is 1. The van der Waals surface area contributed by atoms with Crippen LogP contribution in [0.1, 0.15) is 74.1 Å². The normalized spacial score (nSPS) is 21.8. The molecule has 3 aromatic carbocycles. The van der Waals surface area contributed by atoms with Crippen molar-refractivity contribution >= 4 is 5.69 Å². The number of fused-ring (bicyclic) bond motifs is 5. The van der Waals surface area contributed by atoms with Crippen molar-refractivity contribution < 1.29 is 19.0 Å². The van der Waals surface area contributed by atoms with E-state index < -0.39 is 0 Å². The predicted molar refractivity (Wildman–Crippen MR) is 171 cm³/mol. The maximum Gasteiger partial charge on any atom is 0.165 e. The Morgan fingerprint density at radius 2 is 1.70 bits per heavy atom. The maximum absolute atomic E-state index is 15.3. The second-order valence-corrected chi connectivity index (χ2v) is 13.3. The van der Waals surface area contributed by atoms with Crippen LogP contribution in [0.25, 0.3) is 0 Å². The number of rotatable bonds is 10. The van der Waals surface area contributed by atoms with Crippen LogP contribution in [-0.2, 0) is 19.4 Å². The fourth-order valence-corrected chi connectivity index (χ4v) is 7.62. The summed E-state index contributed by atoms with van der Waals surface area (Å²) in [6.45, 7) is 8.66. The average molecular weight is 587 g/mol. The molecule has 6 heteroatoms. The van der Waals surface area contributed by atoms with E-state index in [9.17, 15) is 5.11 Å². The summed E-state index contributed by atoms with van der Waals surface area (Å²) in [5.41, 5.74) is 5.88. The number of methoxy groups -OCH3 is 1. The summed E-state index contributed by atoms with van der Waals surface area (Å²) in [4.78, 5) is 4.88. The van der Waals surface area contributed by atoms with Gasteiger partial charge in [0.25, 0.3) is 0 Å². The minimum Gasteiger partial charge on any atom is -0.508 e. The third-order valence-electron chi connectivity index (χ3n) is 10.0. The van der Waals surface area contributed by atoms with Crippen LogP contribution in [0.4, 0.5) is 10.1 Å². The molecule has 7 rings (SSSR count). The summed E-state index contributed by atoms with van der Waals surface area (Å²) in [6.07, 6.45) is 8.34. The first kappa shape index (κ1) is 29.8. The van der Waals surface area contributed by atoms with Crippen molar-refractivity contribution in [3.05, 3.63) is 82.7 Å². The number of aryl methyl sites for hydroxylation is 1. The summed E-state index contributed by atoms with van der Waals surface area (Å²) in [5.74, 6) is 3.20. The lowest BCUT2D eigenvalue weighted by Crippen LogP contribution is -2.32. The van der Waals surface area contributed by atoms with E-state index in [1.54, 1.807) is 25.3 Å². The quantitative estimate of drug-likeness (QED) is 0.263. The first-order valence-electron chi connectivity index (χ1n) is 16.2. The van der Waals surface area contributed by atoms with Crippen LogP contribution in [0.3, 0.4) is 0 Å². The molecule has 3 fully saturated rings. The van der Waals surface area contributed by atoms with Gasteiger partial charge in [-0.1, -0.05) is 18.2 Å². The predicted octanol–water partition coefficient (Wildman–Crippen LogP) is 7.73. The van der Waals surface area contributed by atoms with Crippen LogP contribution < -0.4 is 14.4 Å². The molecule has 0 aromatic heterocycles. The number of hydrogen-bond acceptors (Lipinski definition) is 5. The Hall–Kier alpha value is -3.25. The fourth-order valence-electron chi connectivity index (χ4n) is 7.62. The van der Waals surface area contributed by atoms with Crippen molar-refractivity contribution in [3.8, 4) is 17.2 Å². The van der Waals surface area contributed by atoms with Gasteiger partial charge in [-0.15, -0.1) is 0 Å². The number of phenols is 1. The Labute approximate surface area is 256 Å². The monoisotopic (exact) mass is 586 g/mol. The number of ether oxygens (including phenoxy) is 2. The summed E-state index contributed by atoms with van der Waals surface area (Å²) < 4.78 is 26.9. The molecule has 5 nitrogen and oxygen atoms in total. The maximum atomic E-state index is 15.3. The topological polar surface area (TPSA) is 45.2 Å². The Kier molecular flexibility index (Phi) is 9.13. The minimum absolute atomic E-state index is 0.196. The van der Waals surface area contributed by atoms with Crippen molar-refractivity contribution in [2.75, 3.05) is 38.3 Å². The lowest BCUT2D eigenvalue weighted by molar-refractivity contribution is 0.193. The number of nitrogens with zero attached hydrogens (tertiary/aromatic N) is 2. The molecule has 230 valence electrons. The molecule has 2 saturated heterocycles. The van der Waals surface area contributed by atoms with Crippen molar-refractivity contribution in [2.24, 2.45) is 11.8 Å². The molecule has 43 heavy (non-hydrogen) atoms. The standard InChI is InChI=1S/C37H47FN2O3/c1-25(2)40(36-21-33(42-3)13-14-34(36)31-10-9-30-20-32(41)12-11-29(30)19-31)24-28-8-15-37(35(38)18-28)43-17-16-39-22-26-4-5-27(23-39)7-6-26/h8,11-15,18,20-21,25-27,31,41H,4-7,9-10,16-17,19,22-24H2,1-3H3. The van der Waals surface area contributed by atoms with E-state index in [2.05, 4.69) is 41.8 Å². The molecular formula is C37H47FN2O3. The molecular weight excluding hydrogens is 539 g/mol. The number of anilines is 1.